The molecule has 0 N–H and O–H groups in total. The third-order valence-corrected chi connectivity index (χ3v) is 3.71. The van der Waals surface area contributed by atoms with E-state index in [-0.39, 0.29) is 5.78 Å². The summed E-state index contributed by atoms with van der Waals surface area (Å²) in [4.78, 5) is 11.5. The Morgan fingerprint density at radius 3 is 1.74 bits per heavy atom. The first-order valence-corrected chi connectivity index (χ1v) is 8.39. The number of hydrogen-bond donors (Lipinski definition) is 0. The third-order valence-electron chi connectivity index (χ3n) is 3.71. The molecular weight excluding hydrogens is 280 g/mol. The lowest BCUT2D eigenvalue weighted by atomic mass is 10.0. The molecule has 2 aromatic carbocycles. The van der Waals surface area contributed by atoms with Crippen LogP contribution in [0.2, 0.25) is 0 Å². The summed E-state index contributed by atoms with van der Waals surface area (Å²) in [5.74, 6) is 0.213. The summed E-state index contributed by atoms with van der Waals surface area (Å²) in [6, 6.07) is 16.7. The number of rotatable bonds is 6. The molecule has 0 bridgehead atoms. The minimum Gasteiger partial charge on any atom is -0.294 e. The first kappa shape index (κ1) is 18.9. The van der Waals surface area contributed by atoms with Gasteiger partial charge in [-0.2, -0.15) is 0 Å². The average molecular weight is 308 g/mol. The van der Waals surface area contributed by atoms with Crippen molar-refractivity contribution in [2.24, 2.45) is 0 Å². The maximum Gasteiger partial charge on any atom is 0.162 e. The summed E-state index contributed by atoms with van der Waals surface area (Å²) in [5.41, 5.74) is 4.76. The van der Waals surface area contributed by atoms with Crippen LogP contribution in [0.15, 0.2) is 61.2 Å². The Morgan fingerprint density at radius 2 is 1.35 bits per heavy atom. The number of aryl methyl sites for hydroxylation is 3. The van der Waals surface area contributed by atoms with Crippen molar-refractivity contribution in [1.82, 2.24) is 0 Å². The molecule has 0 saturated carbocycles. The van der Waals surface area contributed by atoms with E-state index in [1.54, 1.807) is 0 Å². The predicted octanol–water partition coefficient (Wildman–Crippen LogP) is 5.96. The van der Waals surface area contributed by atoms with E-state index >= 15 is 0 Å². The lowest BCUT2D eigenvalue weighted by molar-refractivity contribution is 0.0988. The minimum absolute atomic E-state index is 0.213. The standard InChI is InChI=1S/C18H20O.C4H8/c1-3-18(19)17-12-10-16(11-13-17)9-8-15-6-4-14(2)5-7-15;1-3-4-2/h4-7,10-13H,3,8-9H2,1-2H3;3H,1,4H2,2H3. The Hall–Kier alpha value is -2.15. The molecule has 0 atom stereocenters. The molecule has 0 unspecified atom stereocenters. The molecule has 1 nitrogen and oxygen atoms in total. The molecule has 0 heterocycles. The second-order valence-corrected chi connectivity index (χ2v) is 5.66. The van der Waals surface area contributed by atoms with Crippen LogP contribution in [0.1, 0.15) is 53.7 Å². The zero-order chi connectivity index (χ0) is 17.1. The number of ketones is 1. The van der Waals surface area contributed by atoms with E-state index < -0.39 is 0 Å². The summed E-state index contributed by atoms with van der Waals surface area (Å²) in [6.45, 7) is 9.54. The van der Waals surface area contributed by atoms with Gasteiger partial charge in [-0.3, -0.25) is 4.79 Å². The molecule has 0 saturated heterocycles. The highest BCUT2D eigenvalue weighted by Gasteiger charge is 2.02. The molecule has 0 spiro atoms. The van der Waals surface area contributed by atoms with Gasteiger partial charge in [-0.05, 0) is 37.3 Å². The van der Waals surface area contributed by atoms with Crippen molar-refractivity contribution in [2.45, 2.75) is 46.5 Å². The number of carbonyl (C=O) groups is 1. The van der Waals surface area contributed by atoms with Crippen LogP contribution in [0.4, 0.5) is 0 Å². The number of Topliss-reactive ketones (excluding diaryl/α,β-unsaturated/α-hetero) is 1. The molecular formula is C22H28O. The molecule has 0 aromatic heterocycles. The quantitative estimate of drug-likeness (QED) is 0.475. The summed E-state index contributed by atoms with van der Waals surface area (Å²) in [7, 11) is 0. The Morgan fingerprint density at radius 1 is 0.913 bits per heavy atom. The van der Waals surface area contributed by atoms with Crippen molar-refractivity contribution in [3.63, 3.8) is 0 Å². The van der Waals surface area contributed by atoms with Crippen LogP contribution in [-0.4, -0.2) is 5.78 Å². The van der Waals surface area contributed by atoms with E-state index in [9.17, 15) is 4.79 Å². The van der Waals surface area contributed by atoms with Crippen LogP contribution in [-0.2, 0) is 12.8 Å². The number of carbonyl (C=O) groups excluding carboxylic acids is 1. The van der Waals surface area contributed by atoms with E-state index in [2.05, 4.69) is 56.8 Å². The first-order valence-electron chi connectivity index (χ1n) is 8.39. The highest BCUT2D eigenvalue weighted by Crippen LogP contribution is 2.11. The van der Waals surface area contributed by atoms with Crippen LogP contribution < -0.4 is 0 Å². The fraction of sp³-hybridized carbons (Fsp3) is 0.318. The third kappa shape index (κ3) is 7.10. The van der Waals surface area contributed by atoms with Gasteiger partial charge in [0.1, 0.15) is 0 Å². The van der Waals surface area contributed by atoms with Crippen LogP contribution in [0.5, 0.6) is 0 Å². The van der Waals surface area contributed by atoms with Crippen molar-refractivity contribution < 1.29 is 4.79 Å². The second kappa shape index (κ2) is 10.6. The van der Waals surface area contributed by atoms with Crippen molar-refractivity contribution in [1.29, 1.82) is 0 Å². The summed E-state index contributed by atoms with van der Waals surface area (Å²) >= 11 is 0. The van der Waals surface area contributed by atoms with Crippen molar-refractivity contribution in [3.8, 4) is 0 Å². The predicted molar refractivity (Wildman–Crippen MR) is 100 cm³/mol. The maximum absolute atomic E-state index is 11.5. The first-order chi connectivity index (χ1) is 11.1. The average Bonchev–Trinajstić information content (AvgIpc) is 2.61. The highest BCUT2D eigenvalue weighted by molar-refractivity contribution is 5.95. The number of hydrogen-bond acceptors (Lipinski definition) is 1. The van der Waals surface area contributed by atoms with E-state index in [0.717, 1.165) is 24.8 Å². The van der Waals surface area contributed by atoms with Crippen LogP contribution >= 0.6 is 0 Å². The zero-order valence-corrected chi connectivity index (χ0v) is 14.6. The van der Waals surface area contributed by atoms with Crippen LogP contribution in [0.3, 0.4) is 0 Å². The van der Waals surface area contributed by atoms with E-state index in [1.807, 2.05) is 25.1 Å². The molecule has 2 rings (SSSR count). The van der Waals surface area contributed by atoms with Crippen LogP contribution in [0, 0.1) is 6.92 Å². The zero-order valence-electron chi connectivity index (χ0n) is 14.6. The van der Waals surface area contributed by atoms with Gasteiger partial charge in [0.15, 0.2) is 5.78 Å². The van der Waals surface area contributed by atoms with E-state index in [4.69, 9.17) is 0 Å². The molecule has 2 aromatic rings. The smallest absolute Gasteiger partial charge is 0.162 e. The van der Waals surface area contributed by atoms with Gasteiger partial charge in [0.25, 0.3) is 0 Å². The Kier molecular flexibility index (Phi) is 8.67. The number of allylic oxidation sites excluding steroid dienone is 1. The summed E-state index contributed by atoms with van der Waals surface area (Å²) < 4.78 is 0. The van der Waals surface area contributed by atoms with Crippen molar-refractivity contribution in [3.05, 3.63) is 83.4 Å². The van der Waals surface area contributed by atoms with Gasteiger partial charge < -0.3 is 0 Å². The molecule has 0 amide bonds. The van der Waals surface area contributed by atoms with E-state index in [1.165, 1.54) is 16.7 Å². The Labute approximate surface area is 141 Å². The topological polar surface area (TPSA) is 17.1 Å². The Bertz CT molecular complexity index is 591. The SMILES string of the molecule is C=CCC.CCC(=O)c1ccc(CCc2ccc(C)cc2)cc1. The molecule has 0 aliphatic rings. The lowest BCUT2D eigenvalue weighted by Crippen LogP contribution is -1.97. The maximum atomic E-state index is 11.5. The summed E-state index contributed by atoms with van der Waals surface area (Å²) in [5, 5.41) is 0. The monoisotopic (exact) mass is 308 g/mol. The van der Waals surface area contributed by atoms with Gasteiger partial charge in [-0.25, -0.2) is 0 Å². The normalized spacial score (nSPS) is 9.70. The largest absolute Gasteiger partial charge is 0.294 e. The molecule has 0 aliphatic carbocycles. The van der Waals surface area contributed by atoms with Crippen molar-refractivity contribution >= 4 is 5.78 Å². The van der Waals surface area contributed by atoms with Gasteiger partial charge in [-0.15, -0.1) is 6.58 Å². The minimum atomic E-state index is 0.213. The molecule has 122 valence electrons. The molecule has 1 heteroatoms. The van der Waals surface area contributed by atoms with Crippen LogP contribution in [0.25, 0.3) is 0 Å². The molecule has 0 fully saturated rings. The second-order valence-electron chi connectivity index (χ2n) is 5.66. The van der Waals surface area contributed by atoms with Gasteiger partial charge >= 0.3 is 0 Å². The number of benzene rings is 2. The van der Waals surface area contributed by atoms with Gasteiger partial charge in [0.2, 0.25) is 0 Å². The highest BCUT2D eigenvalue weighted by atomic mass is 16.1. The van der Waals surface area contributed by atoms with Crippen molar-refractivity contribution in [2.75, 3.05) is 0 Å². The fourth-order valence-electron chi connectivity index (χ4n) is 2.10. The van der Waals surface area contributed by atoms with Gasteiger partial charge in [0.05, 0.1) is 0 Å². The Balaban J connectivity index is 0.000000593. The summed E-state index contributed by atoms with van der Waals surface area (Å²) in [6.07, 6.45) is 5.59. The van der Waals surface area contributed by atoms with Gasteiger partial charge in [0, 0.05) is 12.0 Å². The molecule has 23 heavy (non-hydrogen) atoms. The fourth-order valence-corrected chi connectivity index (χ4v) is 2.10. The molecule has 0 radical (unpaired) electrons. The lowest BCUT2D eigenvalue weighted by Gasteiger charge is -2.04. The van der Waals surface area contributed by atoms with E-state index in [0.29, 0.717) is 6.42 Å². The van der Waals surface area contributed by atoms with Gasteiger partial charge in [-0.1, -0.05) is 74.0 Å². The molecule has 0 aliphatic heterocycles.